The number of benzene rings is 2. The molecule has 0 spiro atoms. The van der Waals surface area contributed by atoms with Gasteiger partial charge in [0.15, 0.2) is 17.1 Å². The molecule has 152 valence electrons. The van der Waals surface area contributed by atoms with Crippen molar-refractivity contribution in [2.45, 2.75) is 6.92 Å². The van der Waals surface area contributed by atoms with E-state index in [-0.39, 0.29) is 5.76 Å². The van der Waals surface area contributed by atoms with Crippen molar-refractivity contribution in [2.24, 2.45) is 5.10 Å². The number of hydrogen-bond donors (Lipinski definition) is 1. The summed E-state index contributed by atoms with van der Waals surface area (Å²) >= 11 is 6.95. The lowest BCUT2D eigenvalue weighted by atomic mass is 10.1. The Balaban J connectivity index is 1.48. The topological polar surface area (TPSA) is 77.0 Å². The fourth-order valence-electron chi connectivity index (χ4n) is 2.95. The van der Waals surface area contributed by atoms with E-state index in [1.807, 2.05) is 37.3 Å². The van der Waals surface area contributed by atoms with Gasteiger partial charge in [-0.2, -0.15) is 5.10 Å². The van der Waals surface area contributed by atoms with Crippen LogP contribution in [0.4, 0.5) is 0 Å². The Morgan fingerprint density at radius 2 is 1.93 bits per heavy atom. The standard InChI is InChI=1S/C22H16Br2N2O4/c1-12-3-5-16(17(24)7-12)18-6-4-15(29-18)11-25-26-22(27)20-9-13-8-14(23)10-19(28-2)21(13)30-20/h3-11H,1-2H3,(H,26,27)/b25-11-. The van der Waals surface area contributed by atoms with Gasteiger partial charge in [-0.1, -0.05) is 37.9 Å². The summed E-state index contributed by atoms with van der Waals surface area (Å²) in [5.74, 6) is 1.39. The second-order valence-electron chi connectivity index (χ2n) is 6.52. The molecule has 0 aliphatic rings. The molecule has 0 saturated carbocycles. The van der Waals surface area contributed by atoms with Gasteiger partial charge in [-0.05, 0) is 55.0 Å². The first-order chi connectivity index (χ1) is 14.4. The molecule has 2 aromatic heterocycles. The molecule has 0 bridgehead atoms. The lowest BCUT2D eigenvalue weighted by Gasteiger charge is -2.02. The molecule has 0 atom stereocenters. The third-order valence-corrected chi connectivity index (χ3v) is 5.48. The zero-order chi connectivity index (χ0) is 21.3. The number of nitrogens with zero attached hydrogens (tertiary/aromatic N) is 1. The first-order valence-corrected chi connectivity index (χ1v) is 10.5. The highest BCUT2D eigenvalue weighted by Crippen LogP contribution is 2.32. The van der Waals surface area contributed by atoms with Crippen LogP contribution in [0.5, 0.6) is 5.75 Å². The minimum absolute atomic E-state index is 0.127. The van der Waals surface area contributed by atoms with Gasteiger partial charge in [0.1, 0.15) is 11.5 Å². The van der Waals surface area contributed by atoms with Crippen LogP contribution in [0, 0.1) is 6.92 Å². The van der Waals surface area contributed by atoms with Crippen molar-refractivity contribution in [3.8, 4) is 17.1 Å². The number of amides is 1. The Morgan fingerprint density at radius 1 is 1.10 bits per heavy atom. The summed E-state index contributed by atoms with van der Waals surface area (Å²) in [7, 11) is 1.54. The molecule has 0 unspecified atom stereocenters. The summed E-state index contributed by atoms with van der Waals surface area (Å²) in [5.41, 5.74) is 5.02. The number of furan rings is 2. The normalized spacial score (nSPS) is 11.3. The molecular formula is C22H16Br2N2O4. The molecule has 6 nitrogen and oxygen atoms in total. The Kier molecular flexibility index (Phi) is 5.78. The van der Waals surface area contributed by atoms with Crippen LogP contribution in [-0.4, -0.2) is 19.2 Å². The van der Waals surface area contributed by atoms with Crippen LogP contribution in [0.25, 0.3) is 22.3 Å². The van der Waals surface area contributed by atoms with Gasteiger partial charge in [0.25, 0.3) is 0 Å². The van der Waals surface area contributed by atoms with Gasteiger partial charge in [-0.15, -0.1) is 0 Å². The highest BCUT2D eigenvalue weighted by Gasteiger charge is 2.15. The fourth-order valence-corrected chi connectivity index (χ4v) is 4.09. The molecule has 2 heterocycles. The molecule has 0 radical (unpaired) electrons. The summed E-state index contributed by atoms with van der Waals surface area (Å²) in [6, 6.07) is 14.9. The van der Waals surface area contributed by atoms with E-state index >= 15 is 0 Å². The van der Waals surface area contributed by atoms with Gasteiger partial charge in [-0.25, -0.2) is 5.43 Å². The summed E-state index contributed by atoms with van der Waals surface area (Å²) in [4.78, 5) is 12.4. The first kappa shape index (κ1) is 20.4. The largest absolute Gasteiger partial charge is 0.493 e. The van der Waals surface area contributed by atoms with Crippen molar-refractivity contribution in [3.05, 3.63) is 74.6 Å². The number of halogens is 2. The number of ether oxygens (including phenoxy) is 1. The molecule has 0 aliphatic carbocycles. The number of carbonyl (C=O) groups is 1. The highest BCUT2D eigenvalue weighted by molar-refractivity contribution is 9.10. The number of rotatable bonds is 5. The van der Waals surface area contributed by atoms with E-state index in [1.54, 1.807) is 25.3 Å². The van der Waals surface area contributed by atoms with Crippen LogP contribution >= 0.6 is 31.9 Å². The lowest BCUT2D eigenvalue weighted by Crippen LogP contribution is -2.16. The van der Waals surface area contributed by atoms with E-state index in [0.717, 1.165) is 25.5 Å². The van der Waals surface area contributed by atoms with Gasteiger partial charge in [0.2, 0.25) is 0 Å². The molecule has 1 amide bonds. The third kappa shape index (κ3) is 4.20. The maximum atomic E-state index is 12.4. The lowest BCUT2D eigenvalue weighted by molar-refractivity contribution is 0.0929. The average Bonchev–Trinajstić information content (AvgIpc) is 3.34. The second kappa shape index (κ2) is 8.49. The number of fused-ring (bicyclic) bond motifs is 1. The van der Waals surface area contributed by atoms with Crippen molar-refractivity contribution >= 4 is 55.0 Å². The number of nitrogens with one attached hydrogen (secondary N) is 1. The minimum Gasteiger partial charge on any atom is -0.493 e. The Morgan fingerprint density at radius 3 is 2.70 bits per heavy atom. The van der Waals surface area contributed by atoms with Crippen molar-refractivity contribution in [1.82, 2.24) is 5.43 Å². The maximum absolute atomic E-state index is 12.4. The number of methoxy groups -OCH3 is 1. The van der Waals surface area contributed by atoms with Crippen LogP contribution in [0.2, 0.25) is 0 Å². The molecule has 8 heteroatoms. The van der Waals surface area contributed by atoms with Gasteiger partial charge >= 0.3 is 5.91 Å². The number of hydrazone groups is 1. The zero-order valence-electron chi connectivity index (χ0n) is 16.0. The predicted molar refractivity (Wildman–Crippen MR) is 122 cm³/mol. The van der Waals surface area contributed by atoms with E-state index in [1.165, 1.54) is 6.21 Å². The highest BCUT2D eigenvalue weighted by atomic mass is 79.9. The van der Waals surface area contributed by atoms with Crippen LogP contribution in [0.15, 0.2) is 71.4 Å². The number of hydrogen-bond acceptors (Lipinski definition) is 5. The first-order valence-electron chi connectivity index (χ1n) is 8.91. The summed E-state index contributed by atoms with van der Waals surface area (Å²) in [5, 5.41) is 4.71. The molecule has 4 rings (SSSR count). The van der Waals surface area contributed by atoms with Gasteiger partial charge in [-0.3, -0.25) is 4.79 Å². The Hall–Kier alpha value is -2.84. The fraction of sp³-hybridized carbons (Fsp3) is 0.0909. The second-order valence-corrected chi connectivity index (χ2v) is 8.29. The molecule has 30 heavy (non-hydrogen) atoms. The SMILES string of the molecule is COc1cc(Br)cc2cc(C(=O)N/N=C\c3ccc(-c4ccc(C)cc4Br)o3)oc12. The van der Waals surface area contributed by atoms with Gasteiger partial charge in [0, 0.05) is 19.9 Å². The van der Waals surface area contributed by atoms with Crippen molar-refractivity contribution in [2.75, 3.05) is 7.11 Å². The van der Waals surface area contributed by atoms with Gasteiger partial charge < -0.3 is 13.6 Å². The van der Waals surface area contributed by atoms with Crippen molar-refractivity contribution < 1.29 is 18.4 Å². The van der Waals surface area contributed by atoms with Crippen LogP contribution in [0.1, 0.15) is 21.9 Å². The number of aryl methyl sites for hydroxylation is 1. The molecule has 2 aromatic carbocycles. The molecule has 4 aromatic rings. The molecule has 0 saturated heterocycles. The third-order valence-electron chi connectivity index (χ3n) is 4.37. The maximum Gasteiger partial charge on any atom is 0.307 e. The van der Waals surface area contributed by atoms with Gasteiger partial charge in [0.05, 0.1) is 13.3 Å². The molecular weight excluding hydrogens is 516 g/mol. The monoisotopic (exact) mass is 530 g/mol. The van der Waals surface area contributed by atoms with E-state index in [2.05, 4.69) is 42.4 Å². The Labute approximate surface area is 189 Å². The quantitative estimate of drug-likeness (QED) is 0.242. The average molecular weight is 532 g/mol. The predicted octanol–water partition coefficient (Wildman–Crippen LogP) is 6.30. The van der Waals surface area contributed by atoms with E-state index in [4.69, 9.17) is 13.6 Å². The summed E-state index contributed by atoms with van der Waals surface area (Å²) in [6.45, 7) is 2.02. The smallest absolute Gasteiger partial charge is 0.307 e. The summed E-state index contributed by atoms with van der Waals surface area (Å²) in [6.07, 6.45) is 1.43. The molecule has 1 N–H and O–H groups in total. The Bertz CT molecular complexity index is 1270. The van der Waals surface area contributed by atoms with E-state index in [9.17, 15) is 4.79 Å². The minimum atomic E-state index is -0.478. The van der Waals surface area contributed by atoms with Crippen LogP contribution in [-0.2, 0) is 0 Å². The van der Waals surface area contributed by atoms with Crippen molar-refractivity contribution in [1.29, 1.82) is 0 Å². The van der Waals surface area contributed by atoms with Crippen LogP contribution in [0.3, 0.4) is 0 Å². The molecule has 0 fully saturated rings. The van der Waals surface area contributed by atoms with Crippen LogP contribution < -0.4 is 10.2 Å². The van der Waals surface area contributed by atoms with E-state index < -0.39 is 5.91 Å². The zero-order valence-corrected chi connectivity index (χ0v) is 19.2. The molecule has 0 aliphatic heterocycles. The number of carbonyl (C=O) groups excluding carboxylic acids is 1. The summed E-state index contributed by atoms with van der Waals surface area (Å²) < 4.78 is 18.5. The van der Waals surface area contributed by atoms with E-state index in [0.29, 0.717) is 22.9 Å². The van der Waals surface area contributed by atoms with Crippen molar-refractivity contribution in [3.63, 3.8) is 0 Å².